The standard InChI is InChI=1S/C49H57N3O10/c1-6-27-58-49-44(51(5)47(55)60-36-21-18-35(19-22-36)52(56)57)31-42(50-62-48(2,3)4)40-29-34(15-9-11-25-53)39(16-10-12-26-54)45(46(40)49)41-30-38(23-24-43(41)61-49)59-37-20-17-32-13-7-8-14-33(32)28-37/h6-8,13-14,17-24,28-30,34,39,44-46,53-54H,1,9-12,15-16,25-27,31H2,2-5H3/t34-,39+,44-,45+,46+,49+/m0/s1. The second kappa shape index (κ2) is 19.1. The highest BCUT2D eigenvalue weighted by atomic mass is 16.7. The Morgan fingerprint density at radius 1 is 0.952 bits per heavy atom. The third-order valence-electron chi connectivity index (χ3n) is 12.0. The molecule has 328 valence electrons. The van der Waals surface area contributed by atoms with E-state index in [0.29, 0.717) is 35.8 Å². The largest absolute Gasteiger partial charge is 0.459 e. The van der Waals surface area contributed by atoms with E-state index in [1.165, 1.54) is 29.2 Å². The normalized spacial score (nSPS) is 23.4. The van der Waals surface area contributed by atoms with Crippen molar-refractivity contribution in [3.8, 4) is 23.0 Å². The van der Waals surface area contributed by atoms with Crippen LogP contribution >= 0.6 is 0 Å². The molecule has 1 fully saturated rings. The molecule has 62 heavy (non-hydrogen) atoms. The van der Waals surface area contributed by atoms with E-state index in [1.807, 2.05) is 63.2 Å². The molecule has 1 saturated carbocycles. The molecule has 3 aliphatic rings. The number of non-ortho nitro benzene ring substituents is 1. The first-order chi connectivity index (χ1) is 29.8. The summed E-state index contributed by atoms with van der Waals surface area (Å²) in [5, 5.41) is 38.2. The predicted octanol–water partition coefficient (Wildman–Crippen LogP) is 10.1. The Bertz CT molecular complexity index is 2300. The number of oxime groups is 1. The van der Waals surface area contributed by atoms with Gasteiger partial charge in [-0.3, -0.25) is 10.1 Å². The monoisotopic (exact) mass is 847 g/mol. The second-order valence-electron chi connectivity index (χ2n) is 17.3. The Labute approximate surface area is 362 Å². The molecule has 1 aliphatic heterocycles. The Kier molecular flexibility index (Phi) is 13.6. The van der Waals surface area contributed by atoms with Crippen LogP contribution in [-0.4, -0.2) is 76.1 Å². The van der Waals surface area contributed by atoms with Gasteiger partial charge in [0.15, 0.2) is 0 Å². The minimum atomic E-state index is -1.49. The number of unbranched alkanes of at least 4 members (excludes halogenated alkanes) is 2. The van der Waals surface area contributed by atoms with Gasteiger partial charge < -0.3 is 38.9 Å². The van der Waals surface area contributed by atoms with Gasteiger partial charge in [0.05, 0.1) is 23.2 Å². The Hall–Kier alpha value is -5.76. The number of carbonyl (C=O) groups is 1. The molecule has 13 heteroatoms. The SMILES string of the molecule is C=CCO[C@@]12Oc3ccc(Oc4ccc5ccccc5c4)cc3[C@H]3[C@H](CCCCO)[C@@H](CCCCO)C=C(C(=NOC(C)(C)C)C[C@@H]1N(C)C(=O)Oc1ccc([N+](=O)[O-])cc1)[C@H]32. The number of ether oxygens (including phenoxy) is 4. The lowest BCUT2D eigenvalue weighted by Crippen LogP contribution is -2.69. The first-order valence-corrected chi connectivity index (χ1v) is 21.5. The highest BCUT2D eigenvalue weighted by molar-refractivity contribution is 6.03. The van der Waals surface area contributed by atoms with Crippen LogP contribution in [0.5, 0.6) is 23.0 Å². The van der Waals surface area contributed by atoms with E-state index < -0.39 is 34.4 Å². The first-order valence-electron chi connectivity index (χ1n) is 21.5. The van der Waals surface area contributed by atoms with Crippen LogP contribution in [0.15, 0.2) is 114 Å². The van der Waals surface area contributed by atoms with Crippen molar-refractivity contribution in [3.63, 3.8) is 0 Å². The number of allylic oxidation sites excluding steroid dienone is 1. The zero-order valence-electron chi connectivity index (χ0n) is 35.9. The molecule has 0 saturated heterocycles. The van der Waals surface area contributed by atoms with E-state index in [1.54, 1.807) is 13.1 Å². The lowest BCUT2D eigenvalue weighted by Gasteiger charge is -2.59. The number of nitro benzene ring substituents is 1. The van der Waals surface area contributed by atoms with Crippen molar-refractivity contribution in [2.75, 3.05) is 26.9 Å². The number of rotatable bonds is 17. The highest BCUT2D eigenvalue weighted by Gasteiger charge is 2.65. The molecule has 4 aromatic carbocycles. The lowest BCUT2D eigenvalue weighted by atomic mass is 9.55. The zero-order valence-corrected chi connectivity index (χ0v) is 35.9. The maximum absolute atomic E-state index is 14.3. The minimum absolute atomic E-state index is 0.0140. The van der Waals surface area contributed by atoms with Crippen molar-refractivity contribution < 1.29 is 43.7 Å². The van der Waals surface area contributed by atoms with Crippen LogP contribution in [-0.2, 0) is 9.57 Å². The van der Waals surface area contributed by atoms with Crippen molar-refractivity contribution in [1.82, 2.24) is 4.90 Å². The van der Waals surface area contributed by atoms with Gasteiger partial charge in [-0.15, -0.1) is 6.58 Å². The fourth-order valence-electron chi connectivity index (χ4n) is 9.29. The molecule has 1 heterocycles. The molecule has 2 aliphatic carbocycles. The van der Waals surface area contributed by atoms with Crippen molar-refractivity contribution in [3.05, 3.63) is 125 Å². The number of benzene rings is 4. The van der Waals surface area contributed by atoms with E-state index in [-0.39, 0.29) is 55.4 Å². The number of nitro groups is 1. The summed E-state index contributed by atoms with van der Waals surface area (Å²) in [4.78, 5) is 32.7. The predicted molar refractivity (Wildman–Crippen MR) is 237 cm³/mol. The molecule has 0 spiro atoms. The molecule has 7 rings (SSSR count). The average Bonchev–Trinajstić information content (AvgIpc) is 3.25. The average molecular weight is 848 g/mol. The van der Waals surface area contributed by atoms with E-state index in [4.69, 9.17) is 28.9 Å². The summed E-state index contributed by atoms with van der Waals surface area (Å²) >= 11 is 0. The number of amides is 1. The fourth-order valence-corrected chi connectivity index (χ4v) is 9.29. The molecular weight excluding hydrogens is 791 g/mol. The number of likely N-dealkylation sites (N-methyl/N-ethyl adjacent to an activating group) is 1. The summed E-state index contributed by atoms with van der Waals surface area (Å²) in [5.74, 6) is -0.192. The van der Waals surface area contributed by atoms with Crippen LogP contribution in [0.25, 0.3) is 10.8 Å². The topological polar surface area (TPSA) is 162 Å². The molecule has 2 N–H and O–H groups in total. The van der Waals surface area contributed by atoms with Crippen molar-refractivity contribution in [1.29, 1.82) is 0 Å². The van der Waals surface area contributed by atoms with Crippen molar-refractivity contribution in [2.45, 2.75) is 89.1 Å². The van der Waals surface area contributed by atoms with E-state index >= 15 is 0 Å². The summed E-state index contributed by atoms with van der Waals surface area (Å²) in [5.41, 5.74) is 1.70. The number of nitrogens with zero attached hydrogens (tertiary/aromatic N) is 3. The van der Waals surface area contributed by atoms with Crippen LogP contribution in [0, 0.1) is 27.9 Å². The Morgan fingerprint density at radius 2 is 1.63 bits per heavy atom. The summed E-state index contributed by atoms with van der Waals surface area (Å²) in [6.07, 6.45) is 7.83. The van der Waals surface area contributed by atoms with Crippen molar-refractivity contribution in [2.24, 2.45) is 22.9 Å². The third kappa shape index (κ3) is 9.50. The van der Waals surface area contributed by atoms with Gasteiger partial charge >= 0.3 is 6.09 Å². The maximum Gasteiger partial charge on any atom is 0.415 e. The smallest absolute Gasteiger partial charge is 0.415 e. The summed E-state index contributed by atoms with van der Waals surface area (Å²) in [7, 11) is 1.63. The van der Waals surface area contributed by atoms with Crippen LogP contribution in [0.4, 0.5) is 10.5 Å². The van der Waals surface area contributed by atoms with Gasteiger partial charge in [0.25, 0.3) is 5.69 Å². The van der Waals surface area contributed by atoms with Gasteiger partial charge in [0.2, 0.25) is 5.79 Å². The molecule has 13 nitrogen and oxygen atoms in total. The first kappa shape index (κ1) is 44.3. The Balaban J connectivity index is 1.39. The molecule has 6 atom stereocenters. The van der Waals surface area contributed by atoms with E-state index in [2.05, 4.69) is 30.9 Å². The summed E-state index contributed by atoms with van der Waals surface area (Å²) in [6, 6.07) is 24.5. The van der Waals surface area contributed by atoms with Gasteiger partial charge in [-0.05, 0) is 117 Å². The van der Waals surface area contributed by atoms with Crippen LogP contribution in [0.2, 0.25) is 0 Å². The number of hydrogen-bond acceptors (Lipinski definition) is 11. The van der Waals surface area contributed by atoms with Crippen molar-refractivity contribution >= 4 is 28.3 Å². The quantitative estimate of drug-likeness (QED) is 0.0453. The van der Waals surface area contributed by atoms with Gasteiger partial charge in [0, 0.05) is 50.3 Å². The van der Waals surface area contributed by atoms with Gasteiger partial charge in [-0.2, -0.15) is 0 Å². The molecule has 1 amide bonds. The summed E-state index contributed by atoms with van der Waals surface area (Å²) in [6.45, 7) is 10.0. The zero-order chi connectivity index (χ0) is 44.0. The van der Waals surface area contributed by atoms with Crippen LogP contribution in [0.3, 0.4) is 0 Å². The minimum Gasteiger partial charge on any atom is -0.459 e. The molecule has 0 unspecified atom stereocenters. The molecule has 0 radical (unpaired) electrons. The number of hydrogen-bond donors (Lipinski definition) is 2. The molecule has 4 aromatic rings. The number of aliphatic hydroxyl groups is 2. The van der Waals surface area contributed by atoms with Gasteiger partial charge in [-0.1, -0.05) is 60.5 Å². The third-order valence-corrected chi connectivity index (χ3v) is 12.0. The second-order valence-corrected chi connectivity index (χ2v) is 17.3. The number of aliphatic hydroxyl groups excluding tert-OH is 2. The number of fused-ring (bicyclic) bond motifs is 3. The van der Waals surface area contributed by atoms with E-state index in [9.17, 15) is 25.1 Å². The van der Waals surface area contributed by atoms with Crippen LogP contribution in [0.1, 0.15) is 77.2 Å². The van der Waals surface area contributed by atoms with Gasteiger partial charge in [-0.25, -0.2) is 4.79 Å². The Morgan fingerprint density at radius 3 is 2.32 bits per heavy atom. The summed E-state index contributed by atoms with van der Waals surface area (Å²) < 4.78 is 26.6. The fraction of sp³-hybridized carbons (Fsp3) is 0.429. The molecule has 0 aromatic heterocycles. The maximum atomic E-state index is 14.3. The van der Waals surface area contributed by atoms with Gasteiger partial charge in [0.1, 0.15) is 34.6 Å². The van der Waals surface area contributed by atoms with E-state index in [0.717, 1.165) is 47.6 Å². The molecule has 0 bridgehead atoms. The lowest BCUT2D eigenvalue weighted by molar-refractivity contribution is -0.384. The highest BCUT2D eigenvalue weighted by Crippen LogP contribution is 2.62. The molecular formula is C49H57N3O10. The number of carbonyl (C=O) groups excluding carboxylic acids is 1. The van der Waals surface area contributed by atoms with Crippen LogP contribution < -0.4 is 14.2 Å².